The Morgan fingerprint density at radius 3 is 2.50 bits per heavy atom. The fraction of sp³-hybridized carbons (Fsp3) is 0.867. The van der Waals surface area contributed by atoms with Gasteiger partial charge in [0.2, 0.25) is 11.8 Å². The van der Waals surface area contributed by atoms with E-state index in [4.69, 9.17) is 0 Å². The zero-order valence-corrected chi connectivity index (χ0v) is 14.2. The van der Waals surface area contributed by atoms with Crippen LogP contribution >= 0.6 is 0 Å². The van der Waals surface area contributed by atoms with E-state index < -0.39 is 9.84 Å². The highest BCUT2D eigenvalue weighted by molar-refractivity contribution is 7.91. The van der Waals surface area contributed by atoms with E-state index in [1.807, 2.05) is 6.92 Å². The molecule has 0 radical (unpaired) electrons. The Morgan fingerprint density at radius 1 is 1.23 bits per heavy atom. The van der Waals surface area contributed by atoms with Gasteiger partial charge in [-0.2, -0.15) is 0 Å². The van der Waals surface area contributed by atoms with E-state index >= 15 is 0 Å². The number of amides is 2. The van der Waals surface area contributed by atoms with Crippen LogP contribution in [0.25, 0.3) is 0 Å². The molecular weight excluding hydrogens is 304 g/mol. The molecule has 2 amide bonds. The van der Waals surface area contributed by atoms with E-state index in [2.05, 4.69) is 12.2 Å². The van der Waals surface area contributed by atoms with Crippen LogP contribution < -0.4 is 5.32 Å². The Bertz CT molecular complexity index is 532. The second-order valence-electron chi connectivity index (χ2n) is 6.27. The molecule has 3 atom stereocenters. The van der Waals surface area contributed by atoms with Crippen LogP contribution in [-0.2, 0) is 19.4 Å². The van der Waals surface area contributed by atoms with Gasteiger partial charge in [0.25, 0.3) is 0 Å². The third kappa shape index (κ3) is 4.00. The van der Waals surface area contributed by atoms with Crippen molar-refractivity contribution in [1.82, 2.24) is 10.2 Å². The van der Waals surface area contributed by atoms with Gasteiger partial charge in [0.1, 0.15) is 0 Å². The molecule has 0 aromatic heterocycles. The van der Waals surface area contributed by atoms with Crippen LogP contribution in [0.1, 0.15) is 39.5 Å². The third-order valence-electron chi connectivity index (χ3n) is 4.55. The van der Waals surface area contributed by atoms with Gasteiger partial charge >= 0.3 is 0 Å². The zero-order chi connectivity index (χ0) is 16.3. The summed E-state index contributed by atoms with van der Waals surface area (Å²) >= 11 is 0. The van der Waals surface area contributed by atoms with Gasteiger partial charge < -0.3 is 10.2 Å². The Balaban J connectivity index is 1.87. The van der Waals surface area contributed by atoms with Crippen molar-refractivity contribution in [2.75, 3.05) is 24.6 Å². The quantitative estimate of drug-likeness (QED) is 0.692. The predicted octanol–water partition coefficient (Wildman–Crippen LogP) is 0.574. The number of hydrogen-bond acceptors (Lipinski definition) is 4. The number of nitrogens with zero attached hydrogens (tertiary/aromatic N) is 1. The predicted molar refractivity (Wildman–Crippen MR) is 84.0 cm³/mol. The molecule has 2 fully saturated rings. The largest absolute Gasteiger partial charge is 0.356 e. The molecule has 1 N–H and O–H groups in total. The molecule has 22 heavy (non-hydrogen) atoms. The van der Waals surface area contributed by atoms with Gasteiger partial charge in [0, 0.05) is 19.1 Å². The highest BCUT2D eigenvalue weighted by Crippen LogP contribution is 2.41. The number of carbonyl (C=O) groups is 2. The first kappa shape index (κ1) is 17.2. The number of sulfone groups is 1. The first-order valence-electron chi connectivity index (χ1n) is 8.18. The Kier molecular flexibility index (Phi) is 5.47. The number of nitrogens with one attached hydrogen (secondary N) is 1. The van der Waals surface area contributed by atoms with Crippen LogP contribution in [0.4, 0.5) is 0 Å². The highest BCUT2D eigenvalue weighted by atomic mass is 32.2. The summed E-state index contributed by atoms with van der Waals surface area (Å²) in [4.78, 5) is 26.1. The van der Waals surface area contributed by atoms with Crippen LogP contribution in [-0.4, -0.2) is 55.8 Å². The van der Waals surface area contributed by atoms with E-state index in [1.54, 1.807) is 4.90 Å². The van der Waals surface area contributed by atoms with Crippen molar-refractivity contribution < 1.29 is 18.0 Å². The number of carbonyl (C=O) groups excluding carboxylic acids is 2. The van der Waals surface area contributed by atoms with Crippen molar-refractivity contribution in [1.29, 1.82) is 0 Å². The zero-order valence-electron chi connectivity index (χ0n) is 13.4. The minimum absolute atomic E-state index is 0.0399. The van der Waals surface area contributed by atoms with Gasteiger partial charge in [-0.15, -0.1) is 0 Å². The maximum Gasteiger partial charge on any atom is 0.226 e. The smallest absolute Gasteiger partial charge is 0.226 e. The molecule has 0 bridgehead atoms. The van der Waals surface area contributed by atoms with Crippen LogP contribution in [0.5, 0.6) is 0 Å². The summed E-state index contributed by atoms with van der Waals surface area (Å²) in [5.41, 5.74) is 0. The summed E-state index contributed by atoms with van der Waals surface area (Å²) in [6, 6.07) is -0.216. The summed E-state index contributed by atoms with van der Waals surface area (Å²) in [7, 11) is -3.01. The van der Waals surface area contributed by atoms with Crippen LogP contribution in [0.15, 0.2) is 0 Å². The third-order valence-corrected chi connectivity index (χ3v) is 6.30. The lowest BCUT2D eigenvalue weighted by Gasteiger charge is -2.27. The topological polar surface area (TPSA) is 83.6 Å². The summed E-state index contributed by atoms with van der Waals surface area (Å²) in [6.45, 7) is 5.08. The molecule has 1 aliphatic heterocycles. The Hall–Kier alpha value is -1.11. The van der Waals surface area contributed by atoms with Crippen molar-refractivity contribution in [2.45, 2.75) is 45.6 Å². The summed E-state index contributed by atoms with van der Waals surface area (Å²) in [6.07, 6.45) is 3.07. The molecule has 2 rings (SSSR count). The lowest BCUT2D eigenvalue weighted by molar-refractivity contribution is -0.136. The maximum atomic E-state index is 12.5. The summed E-state index contributed by atoms with van der Waals surface area (Å²) in [5.74, 6) is -0.358. The molecule has 126 valence electrons. The van der Waals surface area contributed by atoms with Gasteiger partial charge in [0.15, 0.2) is 9.84 Å². The number of unbranched alkanes of at least 4 members (excludes halogenated alkanes) is 1. The summed E-state index contributed by atoms with van der Waals surface area (Å²) < 4.78 is 23.2. The molecular formula is C15H26N2O4S. The Labute approximate surface area is 132 Å². The molecule has 7 heteroatoms. The molecule has 6 nitrogen and oxygen atoms in total. The minimum atomic E-state index is -3.01. The monoisotopic (exact) mass is 330 g/mol. The normalized spacial score (nSPS) is 29.1. The van der Waals surface area contributed by atoms with Crippen molar-refractivity contribution in [2.24, 2.45) is 11.8 Å². The molecule has 0 aromatic rings. The van der Waals surface area contributed by atoms with Crippen LogP contribution in [0.3, 0.4) is 0 Å². The van der Waals surface area contributed by atoms with E-state index in [0.717, 1.165) is 12.8 Å². The molecule has 1 saturated heterocycles. The SMILES string of the molecule is CCCCNC(=O)C1CC1C(=O)N(CC)C1CCS(=O)(=O)C1. The first-order valence-corrected chi connectivity index (χ1v) is 10.00. The number of hydrogen-bond donors (Lipinski definition) is 1. The van der Waals surface area contributed by atoms with Gasteiger partial charge in [-0.25, -0.2) is 8.42 Å². The van der Waals surface area contributed by atoms with E-state index in [0.29, 0.717) is 25.9 Å². The van der Waals surface area contributed by atoms with Crippen LogP contribution in [0, 0.1) is 11.8 Å². The molecule has 0 aromatic carbocycles. The number of rotatable bonds is 7. The van der Waals surface area contributed by atoms with E-state index in [1.165, 1.54) is 0 Å². The fourth-order valence-corrected chi connectivity index (χ4v) is 4.84. The molecule has 2 aliphatic rings. The van der Waals surface area contributed by atoms with Gasteiger partial charge in [-0.05, 0) is 26.2 Å². The second kappa shape index (κ2) is 6.98. The molecule has 1 heterocycles. The van der Waals surface area contributed by atoms with E-state index in [-0.39, 0.29) is 41.2 Å². The van der Waals surface area contributed by atoms with Crippen molar-refractivity contribution in [3.63, 3.8) is 0 Å². The standard InChI is InChI=1S/C15H26N2O4S/c1-3-5-7-16-14(18)12-9-13(12)15(19)17(4-2)11-6-8-22(20,21)10-11/h11-13H,3-10H2,1-2H3,(H,16,18). The molecule has 1 aliphatic carbocycles. The van der Waals surface area contributed by atoms with Crippen molar-refractivity contribution in [3.8, 4) is 0 Å². The molecule has 1 saturated carbocycles. The van der Waals surface area contributed by atoms with Crippen molar-refractivity contribution in [3.05, 3.63) is 0 Å². The minimum Gasteiger partial charge on any atom is -0.356 e. The van der Waals surface area contributed by atoms with Crippen LogP contribution in [0.2, 0.25) is 0 Å². The van der Waals surface area contributed by atoms with Crippen molar-refractivity contribution >= 4 is 21.7 Å². The average Bonchev–Trinajstić information content (AvgIpc) is 3.19. The fourth-order valence-electron chi connectivity index (χ4n) is 3.11. The van der Waals surface area contributed by atoms with Gasteiger partial charge in [-0.3, -0.25) is 9.59 Å². The van der Waals surface area contributed by atoms with Gasteiger partial charge in [-0.1, -0.05) is 13.3 Å². The maximum absolute atomic E-state index is 12.5. The second-order valence-corrected chi connectivity index (χ2v) is 8.50. The average molecular weight is 330 g/mol. The lowest BCUT2D eigenvalue weighted by Crippen LogP contribution is -2.42. The Morgan fingerprint density at radius 2 is 1.95 bits per heavy atom. The molecule has 3 unspecified atom stereocenters. The van der Waals surface area contributed by atoms with E-state index in [9.17, 15) is 18.0 Å². The summed E-state index contributed by atoms with van der Waals surface area (Å²) in [5, 5.41) is 2.86. The lowest BCUT2D eigenvalue weighted by atomic mass is 10.2. The van der Waals surface area contributed by atoms with Gasteiger partial charge in [0.05, 0.1) is 23.3 Å². The first-order chi connectivity index (χ1) is 10.4. The highest BCUT2D eigenvalue weighted by Gasteiger charge is 2.50. The molecule has 0 spiro atoms.